The monoisotopic (exact) mass is 423 g/mol. The van der Waals surface area contributed by atoms with Crippen molar-refractivity contribution in [1.29, 1.82) is 0 Å². The first kappa shape index (κ1) is 22.3. The number of ketones is 1. The molecular formula is C20H25NO5S2. The minimum atomic E-state index is -3.83. The van der Waals surface area contributed by atoms with Crippen molar-refractivity contribution in [2.24, 2.45) is 5.92 Å². The average Bonchev–Trinajstić information content (AvgIpc) is 3.16. The van der Waals surface area contributed by atoms with Gasteiger partial charge in [0.2, 0.25) is 5.78 Å². The molecule has 28 heavy (non-hydrogen) atoms. The first-order chi connectivity index (χ1) is 13.0. The van der Waals surface area contributed by atoms with Gasteiger partial charge in [-0.3, -0.25) is 9.59 Å². The van der Waals surface area contributed by atoms with Crippen LogP contribution in [0.4, 0.5) is 0 Å². The maximum atomic E-state index is 12.5. The van der Waals surface area contributed by atoms with Gasteiger partial charge in [0.25, 0.3) is 10.0 Å². The van der Waals surface area contributed by atoms with Gasteiger partial charge in [0.15, 0.2) is 6.61 Å². The summed E-state index contributed by atoms with van der Waals surface area (Å²) in [5, 5.41) is 1.64. The number of carbonyl (C=O) groups excluding carboxylic acids is 2. The molecule has 0 aliphatic rings. The number of benzene rings is 1. The van der Waals surface area contributed by atoms with Crippen molar-refractivity contribution < 1.29 is 22.7 Å². The van der Waals surface area contributed by atoms with Crippen LogP contribution in [-0.2, 0) is 19.6 Å². The van der Waals surface area contributed by atoms with Gasteiger partial charge in [0.1, 0.15) is 10.3 Å². The molecule has 1 aromatic carbocycles. The van der Waals surface area contributed by atoms with Crippen molar-refractivity contribution in [3.8, 4) is 0 Å². The first-order valence-electron chi connectivity index (χ1n) is 8.86. The Morgan fingerprint density at radius 3 is 2.32 bits per heavy atom. The number of thiophene rings is 1. The van der Waals surface area contributed by atoms with E-state index in [1.54, 1.807) is 31.4 Å². The molecule has 8 heteroatoms. The molecule has 152 valence electrons. The Labute approximate surface area is 170 Å². The van der Waals surface area contributed by atoms with Crippen molar-refractivity contribution in [3.63, 3.8) is 0 Å². The zero-order valence-corrected chi connectivity index (χ0v) is 18.2. The number of rotatable bonds is 8. The van der Waals surface area contributed by atoms with Gasteiger partial charge in [-0.05, 0) is 60.9 Å². The van der Waals surface area contributed by atoms with Crippen molar-refractivity contribution in [3.05, 3.63) is 51.9 Å². The van der Waals surface area contributed by atoms with Gasteiger partial charge < -0.3 is 4.74 Å². The molecule has 1 N–H and O–H groups in total. The van der Waals surface area contributed by atoms with Crippen LogP contribution >= 0.6 is 11.3 Å². The predicted octanol–water partition coefficient (Wildman–Crippen LogP) is 3.40. The Bertz CT molecular complexity index is 963. The number of hydrogen-bond acceptors (Lipinski definition) is 6. The van der Waals surface area contributed by atoms with E-state index in [4.69, 9.17) is 4.74 Å². The molecule has 0 saturated heterocycles. The summed E-state index contributed by atoms with van der Waals surface area (Å²) in [5.41, 5.74) is 3.36. The van der Waals surface area contributed by atoms with Gasteiger partial charge in [0.05, 0.1) is 0 Å². The molecule has 0 fully saturated rings. The van der Waals surface area contributed by atoms with Crippen LogP contribution in [0.25, 0.3) is 0 Å². The van der Waals surface area contributed by atoms with Gasteiger partial charge in [-0.1, -0.05) is 26.0 Å². The summed E-state index contributed by atoms with van der Waals surface area (Å²) in [4.78, 5) is 25.0. The Morgan fingerprint density at radius 1 is 1.11 bits per heavy atom. The maximum absolute atomic E-state index is 12.5. The van der Waals surface area contributed by atoms with Gasteiger partial charge in [-0.25, -0.2) is 8.42 Å². The summed E-state index contributed by atoms with van der Waals surface area (Å²) in [6, 6.07) is 5.69. The number of aryl methyl sites for hydroxylation is 3. The predicted molar refractivity (Wildman–Crippen MR) is 109 cm³/mol. The molecule has 1 atom stereocenters. The molecular weight excluding hydrogens is 398 g/mol. The molecule has 0 unspecified atom stereocenters. The van der Waals surface area contributed by atoms with Crippen LogP contribution in [0, 0.1) is 26.7 Å². The van der Waals surface area contributed by atoms with Gasteiger partial charge >= 0.3 is 5.97 Å². The van der Waals surface area contributed by atoms with E-state index in [1.807, 2.05) is 26.8 Å². The van der Waals surface area contributed by atoms with E-state index in [0.717, 1.165) is 28.0 Å². The highest BCUT2D eigenvalue weighted by Crippen LogP contribution is 2.19. The zero-order valence-electron chi connectivity index (χ0n) is 16.6. The number of ether oxygens (including phenoxy) is 1. The summed E-state index contributed by atoms with van der Waals surface area (Å²) in [6.07, 6.45) is 0. The highest BCUT2D eigenvalue weighted by atomic mass is 32.2. The Kier molecular flexibility index (Phi) is 7.14. The molecule has 2 aromatic rings. The largest absolute Gasteiger partial charge is 0.456 e. The quantitative estimate of drug-likeness (QED) is 0.519. The summed E-state index contributed by atoms with van der Waals surface area (Å²) in [6.45, 7) is 8.67. The number of esters is 1. The first-order valence-corrected chi connectivity index (χ1v) is 11.2. The molecule has 0 aliphatic heterocycles. The third kappa shape index (κ3) is 5.27. The Balaban J connectivity index is 2.09. The summed E-state index contributed by atoms with van der Waals surface area (Å²) in [7, 11) is -3.83. The third-order valence-corrected chi connectivity index (χ3v) is 7.29. The van der Waals surface area contributed by atoms with Crippen molar-refractivity contribution in [2.45, 2.75) is 44.9 Å². The Morgan fingerprint density at radius 2 is 1.75 bits per heavy atom. The van der Waals surface area contributed by atoms with Crippen molar-refractivity contribution in [1.82, 2.24) is 4.72 Å². The lowest BCUT2D eigenvalue weighted by Gasteiger charge is -2.20. The van der Waals surface area contributed by atoms with Crippen LogP contribution in [0.15, 0.2) is 33.9 Å². The molecule has 2 rings (SSSR count). The molecule has 0 saturated carbocycles. The number of sulfonamides is 1. The van der Waals surface area contributed by atoms with E-state index in [9.17, 15) is 18.0 Å². The zero-order chi connectivity index (χ0) is 21.1. The Hall–Kier alpha value is -2.03. The molecule has 0 radical (unpaired) electrons. The second kappa shape index (κ2) is 8.98. The lowest BCUT2D eigenvalue weighted by Crippen LogP contribution is -2.45. The maximum Gasteiger partial charge on any atom is 0.324 e. The second-order valence-electron chi connectivity index (χ2n) is 7.06. The number of Topliss-reactive ketones (excluding diaryl/α,β-unsaturated/α-hetero) is 1. The minimum absolute atomic E-state index is 0.118. The van der Waals surface area contributed by atoms with E-state index in [-0.39, 0.29) is 15.9 Å². The topological polar surface area (TPSA) is 89.5 Å². The molecule has 0 amide bonds. The normalized spacial score (nSPS) is 12.8. The van der Waals surface area contributed by atoms with Gasteiger partial charge in [-0.2, -0.15) is 4.72 Å². The number of nitrogens with one attached hydrogen (secondary N) is 1. The standard InChI is InChI=1S/C20H25NO5S2/c1-12(2)19(21-28(24,25)18-7-6-8-27-18)20(23)26-11-17(22)16-10-14(4)13(3)9-15(16)5/h6-10,12,19,21H,11H2,1-5H3/t19-/m0/s1. The van der Waals surface area contributed by atoms with Crippen molar-refractivity contribution in [2.75, 3.05) is 6.61 Å². The minimum Gasteiger partial charge on any atom is -0.456 e. The summed E-state index contributed by atoms with van der Waals surface area (Å²) < 4.78 is 32.5. The van der Waals surface area contributed by atoms with Crippen LogP contribution in [0.3, 0.4) is 0 Å². The highest BCUT2D eigenvalue weighted by Gasteiger charge is 2.30. The fourth-order valence-electron chi connectivity index (χ4n) is 2.66. The lowest BCUT2D eigenvalue weighted by molar-refractivity contribution is -0.145. The molecule has 1 aromatic heterocycles. The fraction of sp³-hybridized carbons (Fsp3) is 0.400. The van der Waals surface area contributed by atoms with Gasteiger partial charge in [0, 0.05) is 5.56 Å². The lowest BCUT2D eigenvalue weighted by atomic mass is 9.98. The molecule has 6 nitrogen and oxygen atoms in total. The summed E-state index contributed by atoms with van der Waals surface area (Å²) in [5.74, 6) is -1.44. The molecule has 0 aliphatic carbocycles. The van der Waals surface area contributed by atoms with Crippen LogP contribution in [0.1, 0.15) is 40.9 Å². The fourth-order valence-corrected chi connectivity index (χ4v) is 5.01. The van der Waals surface area contributed by atoms with Crippen LogP contribution in [-0.4, -0.2) is 32.8 Å². The van der Waals surface area contributed by atoms with Crippen LogP contribution in [0.2, 0.25) is 0 Å². The molecule has 0 spiro atoms. The average molecular weight is 424 g/mol. The van der Waals surface area contributed by atoms with E-state index < -0.39 is 28.6 Å². The van der Waals surface area contributed by atoms with Crippen molar-refractivity contribution >= 4 is 33.1 Å². The third-order valence-electron chi connectivity index (χ3n) is 4.45. The number of hydrogen-bond donors (Lipinski definition) is 1. The van der Waals surface area contributed by atoms with E-state index >= 15 is 0 Å². The van der Waals surface area contributed by atoms with Crippen LogP contribution < -0.4 is 4.72 Å². The SMILES string of the molecule is Cc1cc(C)c(C(=O)COC(=O)[C@@H](NS(=O)(=O)c2cccs2)C(C)C)cc1C. The summed E-state index contributed by atoms with van der Waals surface area (Å²) >= 11 is 1.06. The highest BCUT2D eigenvalue weighted by molar-refractivity contribution is 7.91. The number of carbonyl (C=O) groups is 2. The van der Waals surface area contributed by atoms with E-state index in [2.05, 4.69) is 4.72 Å². The van der Waals surface area contributed by atoms with E-state index in [0.29, 0.717) is 5.56 Å². The smallest absolute Gasteiger partial charge is 0.324 e. The van der Waals surface area contributed by atoms with Gasteiger partial charge in [-0.15, -0.1) is 11.3 Å². The molecule has 0 bridgehead atoms. The molecule has 1 heterocycles. The van der Waals surface area contributed by atoms with Crippen LogP contribution in [0.5, 0.6) is 0 Å². The second-order valence-corrected chi connectivity index (χ2v) is 9.95. The van der Waals surface area contributed by atoms with E-state index in [1.165, 1.54) is 6.07 Å².